The Kier molecular flexibility index (Phi) is 5.34. The van der Waals surface area contributed by atoms with Crippen LogP contribution in [0.2, 0.25) is 0 Å². The zero-order chi connectivity index (χ0) is 18.5. The molecular weight excluding hydrogens is 336 g/mol. The molecule has 1 aliphatic heterocycles. The van der Waals surface area contributed by atoms with Crippen LogP contribution >= 0.6 is 0 Å². The largest absolute Gasteiger partial charge is 0.309 e. The molecule has 6 heteroatoms. The zero-order valence-electron chi connectivity index (χ0n) is 15.5. The van der Waals surface area contributed by atoms with E-state index in [2.05, 4.69) is 31.2 Å². The first kappa shape index (κ1) is 17.5. The summed E-state index contributed by atoms with van der Waals surface area (Å²) in [5, 5.41) is 3.20. The van der Waals surface area contributed by atoms with E-state index in [1.165, 1.54) is 5.56 Å². The molecule has 0 aromatic carbocycles. The van der Waals surface area contributed by atoms with Crippen LogP contribution in [-0.2, 0) is 6.54 Å². The minimum Gasteiger partial charge on any atom is -0.309 e. The summed E-state index contributed by atoms with van der Waals surface area (Å²) >= 11 is 0. The highest BCUT2D eigenvalue weighted by Crippen LogP contribution is 2.28. The van der Waals surface area contributed by atoms with Gasteiger partial charge in [-0.3, -0.25) is 9.88 Å². The zero-order valence-corrected chi connectivity index (χ0v) is 15.5. The number of piperidine rings is 1. The van der Waals surface area contributed by atoms with Crippen molar-refractivity contribution in [2.75, 3.05) is 18.4 Å². The Morgan fingerprint density at radius 3 is 2.67 bits per heavy atom. The summed E-state index contributed by atoms with van der Waals surface area (Å²) in [7, 11) is 0. The molecule has 0 spiro atoms. The van der Waals surface area contributed by atoms with E-state index in [1.54, 1.807) is 0 Å². The van der Waals surface area contributed by atoms with Gasteiger partial charge in [-0.2, -0.15) is 0 Å². The van der Waals surface area contributed by atoms with Crippen LogP contribution in [0.25, 0.3) is 0 Å². The van der Waals surface area contributed by atoms with Gasteiger partial charge < -0.3 is 5.32 Å². The van der Waals surface area contributed by atoms with Crippen LogP contribution in [0.4, 0.5) is 11.8 Å². The van der Waals surface area contributed by atoms with Crippen molar-refractivity contribution in [3.63, 3.8) is 0 Å². The van der Waals surface area contributed by atoms with Crippen LogP contribution in [0.5, 0.6) is 0 Å². The third-order valence-corrected chi connectivity index (χ3v) is 4.96. The molecule has 0 radical (unpaired) electrons. The number of aryl methyl sites for hydroxylation is 1. The van der Waals surface area contributed by atoms with Crippen molar-refractivity contribution < 1.29 is 0 Å². The highest BCUT2D eigenvalue weighted by Gasteiger charge is 2.22. The molecule has 4 rings (SSSR count). The van der Waals surface area contributed by atoms with Crippen molar-refractivity contribution in [2.45, 2.75) is 32.2 Å². The first-order chi connectivity index (χ1) is 13.3. The van der Waals surface area contributed by atoms with E-state index in [-0.39, 0.29) is 0 Å². The third-order valence-electron chi connectivity index (χ3n) is 4.96. The summed E-state index contributed by atoms with van der Waals surface area (Å²) in [4.78, 5) is 20.1. The van der Waals surface area contributed by atoms with Gasteiger partial charge in [0, 0.05) is 42.9 Å². The molecule has 1 fully saturated rings. The van der Waals surface area contributed by atoms with Crippen LogP contribution in [0.1, 0.15) is 35.6 Å². The summed E-state index contributed by atoms with van der Waals surface area (Å²) in [6.07, 6.45) is 9.67. The number of nitrogens with one attached hydrogen (secondary N) is 1. The Morgan fingerprint density at radius 1 is 1.04 bits per heavy atom. The van der Waals surface area contributed by atoms with Gasteiger partial charge in [0.15, 0.2) is 0 Å². The number of hydrogen-bond donors (Lipinski definition) is 1. The van der Waals surface area contributed by atoms with Gasteiger partial charge in [-0.05, 0) is 62.2 Å². The van der Waals surface area contributed by atoms with E-state index in [4.69, 9.17) is 4.98 Å². The minimum atomic E-state index is 0.477. The number of anilines is 2. The molecule has 4 heterocycles. The standard InChI is InChI=1S/C21H24N6/c1-16-4-5-20(24-13-16)26-21-23-10-6-19(25-21)18-7-11-27(12-8-18)15-17-3-2-9-22-14-17/h2-6,9-10,13-14,18H,7-8,11-12,15H2,1H3,(H,23,24,25,26). The molecule has 27 heavy (non-hydrogen) atoms. The number of pyridine rings is 2. The number of rotatable bonds is 5. The van der Waals surface area contributed by atoms with Crippen LogP contribution in [-0.4, -0.2) is 37.9 Å². The molecule has 138 valence electrons. The molecule has 3 aromatic heterocycles. The maximum atomic E-state index is 4.73. The van der Waals surface area contributed by atoms with E-state index in [0.717, 1.165) is 49.6 Å². The highest BCUT2D eigenvalue weighted by molar-refractivity contribution is 5.47. The van der Waals surface area contributed by atoms with Crippen molar-refractivity contribution in [3.8, 4) is 0 Å². The van der Waals surface area contributed by atoms with Gasteiger partial charge >= 0.3 is 0 Å². The lowest BCUT2D eigenvalue weighted by atomic mass is 9.93. The average Bonchev–Trinajstić information content (AvgIpc) is 2.71. The lowest BCUT2D eigenvalue weighted by Gasteiger charge is -2.31. The summed E-state index contributed by atoms with van der Waals surface area (Å²) < 4.78 is 0. The Morgan fingerprint density at radius 2 is 1.93 bits per heavy atom. The van der Waals surface area contributed by atoms with Gasteiger partial charge in [-0.15, -0.1) is 0 Å². The summed E-state index contributed by atoms with van der Waals surface area (Å²) in [6, 6.07) is 10.1. The Labute approximate surface area is 159 Å². The number of aromatic nitrogens is 4. The van der Waals surface area contributed by atoms with Gasteiger partial charge in [0.1, 0.15) is 5.82 Å². The van der Waals surface area contributed by atoms with Crippen molar-refractivity contribution >= 4 is 11.8 Å². The number of likely N-dealkylation sites (tertiary alicyclic amines) is 1. The minimum absolute atomic E-state index is 0.477. The number of nitrogens with zero attached hydrogens (tertiary/aromatic N) is 5. The van der Waals surface area contributed by atoms with Crippen LogP contribution in [0.3, 0.4) is 0 Å². The van der Waals surface area contributed by atoms with E-state index in [9.17, 15) is 0 Å². The molecule has 0 saturated carbocycles. The first-order valence-electron chi connectivity index (χ1n) is 9.40. The van der Waals surface area contributed by atoms with Crippen LogP contribution in [0, 0.1) is 6.92 Å². The molecule has 0 amide bonds. The smallest absolute Gasteiger partial charge is 0.228 e. The van der Waals surface area contributed by atoms with Crippen molar-refractivity contribution in [3.05, 3.63) is 71.9 Å². The summed E-state index contributed by atoms with van der Waals surface area (Å²) in [6.45, 7) is 5.14. The molecule has 0 aliphatic carbocycles. The molecule has 3 aromatic rings. The van der Waals surface area contributed by atoms with Crippen molar-refractivity contribution in [1.82, 2.24) is 24.8 Å². The predicted molar refractivity (Wildman–Crippen MR) is 106 cm³/mol. The molecule has 1 saturated heterocycles. The number of hydrogen-bond acceptors (Lipinski definition) is 6. The Balaban J connectivity index is 1.36. The van der Waals surface area contributed by atoms with Crippen LogP contribution in [0.15, 0.2) is 55.1 Å². The van der Waals surface area contributed by atoms with Crippen molar-refractivity contribution in [2.24, 2.45) is 0 Å². The molecule has 0 unspecified atom stereocenters. The fourth-order valence-electron chi connectivity index (χ4n) is 3.45. The van der Waals surface area contributed by atoms with E-state index in [1.807, 2.05) is 56.0 Å². The predicted octanol–water partition coefficient (Wildman–Crippen LogP) is 3.70. The van der Waals surface area contributed by atoms with Gasteiger partial charge in [-0.25, -0.2) is 15.0 Å². The van der Waals surface area contributed by atoms with Gasteiger partial charge in [0.25, 0.3) is 0 Å². The van der Waals surface area contributed by atoms with Crippen molar-refractivity contribution in [1.29, 1.82) is 0 Å². The van der Waals surface area contributed by atoms with E-state index < -0.39 is 0 Å². The third kappa shape index (κ3) is 4.65. The maximum Gasteiger partial charge on any atom is 0.228 e. The molecule has 1 N–H and O–H groups in total. The topological polar surface area (TPSA) is 66.8 Å². The second kappa shape index (κ2) is 8.22. The monoisotopic (exact) mass is 360 g/mol. The highest BCUT2D eigenvalue weighted by atomic mass is 15.1. The average molecular weight is 360 g/mol. The lowest BCUT2D eigenvalue weighted by Crippen LogP contribution is -2.32. The van der Waals surface area contributed by atoms with E-state index >= 15 is 0 Å². The van der Waals surface area contributed by atoms with E-state index in [0.29, 0.717) is 11.9 Å². The summed E-state index contributed by atoms with van der Waals surface area (Å²) in [5.74, 6) is 1.86. The van der Waals surface area contributed by atoms with Gasteiger partial charge in [0.2, 0.25) is 5.95 Å². The Bertz CT molecular complexity index is 857. The normalized spacial score (nSPS) is 15.6. The molecule has 6 nitrogen and oxygen atoms in total. The SMILES string of the molecule is Cc1ccc(Nc2nccc(C3CCN(Cc4cccnc4)CC3)n2)nc1. The molecular formula is C21H24N6. The maximum absolute atomic E-state index is 4.73. The van der Waals surface area contributed by atoms with Gasteiger partial charge in [0.05, 0.1) is 0 Å². The fourth-order valence-corrected chi connectivity index (χ4v) is 3.45. The Hall–Kier alpha value is -2.86. The molecule has 0 bridgehead atoms. The lowest BCUT2D eigenvalue weighted by molar-refractivity contribution is 0.203. The second-order valence-corrected chi connectivity index (χ2v) is 7.06. The fraction of sp³-hybridized carbons (Fsp3) is 0.333. The first-order valence-corrected chi connectivity index (χ1v) is 9.40. The quantitative estimate of drug-likeness (QED) is 0.748. The summed E-state index contributed by atoms with van der Waals surface area (Å²) in [5.41, 5.74) is 3.52. The van der Waals surface area contributed by atoms with Crippen LogP contribution < -0.4 is 5.32 Å². The molecule has 0 atom stereocenters. The molecule has 1 aliphatic rings. The van der Waals surface area contributed by atoms with Gasteiger partial charge in [-0.1, -0.05) is 12.1 Å². The second-order valence-electron chi connectivity index (χ2n) is 7.06.